The fraction of sp³-hybridized carbons (Fsp3) is 0.227. The number of rotatable bonds is 8. The summed E-state index contributed by atoms with van der Waals surface area (Å²) in [6.45, 7) is 6.92. The van der Waals surface area contributed by atoms with Crippen molar-refractivity contribution < 1.29 is 4.79 Å². The number of nitrogens with zero attached hydrogens (tertiary/aromatic N) is 1. The predicted molar refractivity (Wildman–Crippen MR) is 106 cm³/mol. The molecule has 0 heterocycles. The molecule has 0 aliphatic rings. The summed E-state index contributed by atoms with van der Waals surface area (Å²) in [7, 11) is 0. The number of carbonyl (C=O) groups excluding carboxylic acids is 1. The van der Waals surface area contributed by atoms with E-state index in [4.69, 9.17) is 5.73 Å². The zero-order valence-corrected chi connectivity index (χ0v) is 14.8. The molecule has 0 unspecified atom stereocenters. The van der Waals surface area contributed by atoms with Gasteiger partial charge in [0.25, 0.3) is 0 Å². The van der Waals surface area contributed by atoms with Gasteiger partial charge in [-0.05, 0) is 42.2 Å². The van der Waals surface area contributed by atoms with Crippen LogP contribution < -0.4 is 5.73 Å². The van der Waals surface area contributed by atoms with Crippen LogP contribution in [0.5, 0.6) is 0 Å². The Morgan fingerprint density at radius 3 is 2.64 bits per heavy atom. The molecule has 0 aliphatic heterocycles. The third-order valence-electron chi connectivity index (χ3n) is 4.06. The lowest BCUT2D eigenvalue weighted by Gasteiger charge is -2.22. The van der Waals surface area contributed by atoms with Crippen molar-refractivity contribution in [2.75, 3.05) is 12.3 Å². The summed E-state index contributed by atoms with van der Waals surface area (Å²) >= 11 is 0. The van der Waals surface area contributed by atoms with Crippen molar-refractivity contribution in [1.82, 2.24) is 4.90 Å². The zero-order chi connectivity index (χ0) is 18.1. The maximum absolute atomic E-state index is 12.5. The summed E-state index contributed by atoms with van der Waals surface area (Å²) in [6.07, 6.45) is 7.08. The second-order valence-electron chi connectivity index (χ2n) is 6.10. The van der Waals surface area contributed by atoms with Gasteiger partial charge in [0.2, 0.25) is 5.91 Å². The highest BCUT2D eigenvalue weighted by atomic mass is 16.2. The minimum Gasteiger partial charge on any atom is -0.399 e. The summed E-state index contributed by atoms with van der Waals surface area (Å²) in [6, 6.07) is 15.9. The molecule has 0 saturated heterocycles. The first-order chi connectivity index (χ1) is 12.1. The average Bonchev–Trinajstić information content (AvgIpc) is 2.61. The smallest absolute Gasteiger partial charge is 0.223 e. The van der Waals surface area contributed by atoms with Gasteiger partial charge in [-0.15, -0.1) is 6.58 Å². The number of anilines is 1. The molecule has 2 aromatic carbocycles. The monoisotopic (exact) mass is 334 g/mol. The summed E-state index contributed by atoms with van der Waals surface area (Å²) < 4.78 is 0. The molecule has 0 spiro atoms. The largest absolute Gasteiger partial charge is 0.399 e. The van der Waals surface area contributed by atoms with E-state index in [1.165, 1.54) is 0 Å². The van der Waals surface area contributed by atoms with Crippen molar-refractivity contribution in [2.24, 2.45) is 0 Å². The van der Waals surface area contributed by atoms with Crippen LogP contribution in [-0.4, -0.2) is 17.4 Å². The highest BCUT2D eigenvalue weighted by Crippen LogP contribution is 2.16. The van der Waals surface area contributed by atoms with E-state index < -0.39 is 0 Å². The Bertz CT molecular complexity index is 735. The van der Waals surface area contributed by atoms with E-state index in [1.54, 1.807) is 6.08 Å². The lowest BCUT2D eigenvalue weighted by molar-refractivity contribution is -0.131. The molecule has 130 valence electrons. The Hall–Kier alpha value is -2.81. The number of nitrogens with two attached hydrogens (primary N) is 1. The molecular weight excluding hydrogens is 308 g/mol. The maximum Gasteiger partial charge on any atom is 0.223 e. The molecule has 0 atom stereocenters. The van der Waals surface area contributed by atoms with Crippen LogP contribution in [0.1, 0.15) is 29.5 Å². The molecule has 0 bridgehead atoms. The van der Waals surface area contributed by atoms with Gasteiger partial charge in [-0.2, -0.15) is 0 Å². The average molecular weight is 334 g/mol. The zero-order valence-electron chi connectivity index (χ0n) is 14.8. The molecule has 1 amide bonds. The van der Waals surface area contributed by atoms with Crippen molar-refractivity contribution in [3.8, 4) is 0 Å². The molecular formula is C22H26N2O. The van der Waals surface area contributed by atoms with Gasteiger partial charge in [-0.1, -0.05) is 54.6 Å². The highest BCUT2D eigenvalue weighted by Gasteiger charge is 2.13. The molecule has 2 rings (SSSR count). The number of aryl methyl sites for hydroxylation is 1. The summed E-state index contributed by atoms with van der Waals surface area (Å²) in [4.78, 5) is 14.4. The van der Waals surface area contributed by atoms with Gasteiger partial charge in [0.15, 0.2) is 0 Å². The second-order valence-corrected chi connectivity index (χ2v) is 6.10. The van der Waals surface area contributed by atoms with E-state index in [2.05, 4.69) is 12.7 Å². The van der Waals surface area contributed by atoms with E-state index in [-0.39, 0.29) is 5.91 Å². The molecule has 0 radical (unpaired) electrons. The van der Waals surface area contributed by atoms with Gasteiger partial charge >= 0.3 is 0 Å². The van der Waals surface area contributed by atoms with Crippen molar-refractivity contribution >= 4 is 17.7 Å². The molecule has 3 nitrogen and oxygen atoms in total. The van der Waals surface area contributed by atoms with Crippen LogP contribution in [0.3, 0.4) is 0 Å². The minimum absolute atomic E-state index is 0.133. The number of hydrogen-bond acceptors (Lipinski definition) is 2. The van der Waals surface area contributed by atoms with E-state index in [0.29, 0.717) is 19.5 Å². The summed E-state index contributed by atoms with van der Waals surface area (Å²) in [5.74, 6) is 0.133. The predicted octanol–water partition coefficient (Wildman–Crippen LogP) is 4.59. The Labute approximate surface area is 150 Å². The first kappa shape index (κ1) is 18.5. The van der Waals surface area contributed by atoms with Crippen LogP contribution in [-0.2, 0) is 11.3 Å². The number of amides is 1. The van der Waals surface area contributed by atoms with E-state index in [0.717, 1.165) is 28.8 Å². The molecule has 0 fully saturated rings. The van der Waals surface area contributed by atoms with Gasteiger partial charge in [0.1, 0.15) is 0 Å². The highest BCUT2D eigenvalue weighted by molar-refractivity contribution is 5.76. The second kappa shape index (κ2) is 9.48. The normalized spacial score (nSPS) is 10.8. The van der Waals surface area contributed by atoms with E-state index >= 15 is 0 Å². The van der Waals surface area contributed by atoms with Gasteiger partial charge in [0.05, 0.1) is 0 Å². The Morgan fingerprint density at radius 1 is 1.20 bits per heavy atom. The van der Waals surface area contributed by atoms with Crippen LogP contribution in [0.4, 0.5) is 5.69 Å². The molecule has 0 saturated carbocycles. The molecule has 2 N–H and O–H groups in total. The molecule has 25 heavy (non-hydrogen) atoms. The quantitative estimate of drug-likeness (QED) is 0.567. The topological polar surface area (TPSA) is 46.3 Å². The van der Waals surface area contributed by atoms with Gasteiger partial charge in [-0.3, -0.25) is 4.79 Å². The summed E-state index contributed by atoms with van der Waals surface area (Å²) in [5.41, 5.74) is 9.91. The number of allylic oxidation sites excluding steroid dienone is 1. The van der Waals surface area contributed by atoms with Crippen molar-refractivity contribution in [1.29, 1.82) is 0 Å². The SMILES string of the molecule is C=CCN(Cc1ccc(N)cc1C)C(=O)CC/C=C/c1ccccc1. The lowest BCUT2D eigenvalue weighted by atomic mass is 10.1. The maximum atomic E-state index is 12.5. The van der Waals surface area contributed by atoms with Crippen LogP contribution in [0, 0.1) is 6.92 Å². The lowest BCUT2D eigenvalue weighted by Crippen LogP contribution is -2.30. The number of hydrogen-bond donors (Lipinski definition) is 1. The molecule has 3 heteroatoms. The third-order valence-corrected chi connectivity index (χ3v) is 4.06. The minimum atomic E-state index is 0.133. The van der Waals surface area contributed by atoms with Crippen LogP contribution in [0.15, 0.2) is 67.3 Å². The Kier molecular flexibility index (Phi) is 7.02. The Morgan fingerprint density at radius 2 is 1.96 bits per heavy atom. The van der Waals surface area contributed by atoms with Gasteiger partial charge in [0, 0.05) is 25.2 Å². The van der Waals surface area contributed by atoms with Gasteiger partial charge < -0.3 is 10.6 Å². The van der Waals surface area contributed by atoms with Crippen molar-refractivity contribution in [2.45, 2.75) is 26.3 Å². The van der Waals surface area contributed by atoms with E-state index in [9.17, 15) is 4.79 Å². The fourth-order valence-electron chi connectivity index (χ4n) is 2.66. The Balaban J connectivity index is 1.93. The van der Waals surface area contributed by atoms with Crippen LogP contribution >= 0.6 is 0 Å². The van der Waals surface area contributed by atoms with Crippen LogP contribution in [0.2, 0.25) is 0 Å². The molecule has 0 aliphatic carbocycles. The van der Waals surface area contributed by atoms with E-state index in [1.807, 2.05) is 66.4 Å². The van der Waals surface area contributed by atoms with Crippen molar-refractivity contribution in [3.05, 3.63) is 84.0 Å². The van der Waals surface area contributed by atoms with Gasteiger partial charge in [-0.25, -0.2) is 0 Å². The first-order valence-electron chi connectivity index (χ1n) is 8.55. The van der Waals surface area contributed by atoms with Crippen molar-refractivity contribution in [3.63, 3.8) is 0 Å². The summed E-state index contributed by atoms with van der Waals surface area (Å²) in [5, 5.41) is 0. The molecule has 2 aromatic rings. The number of nitrogen functional groups attached to an aromatic ring is 1. The standard InChI is InChI=1S/C22H26N2O/c1-3-15-24(17-20-13-14-21(23)16-18(20)2)22(25)12-8-7-11-19-9-5-4-6-10-19/h3-7,9-11,13-14,16H,1,8,12,15,17,23H2,2H3/b11-7+. The number of carbonyl (C=O) groups is 1. The first-order valence-corrected chi connectivity index (χ1v) is 8.55. The van der Waals surface area contributed by atoms with Crippen LogP contribution in [0.25, 0.3) is 6.08 Å². The fourth-order valence-corrected chi connectivity index (χ4v) is 2.66. The number of benzene rings is 2. The molecule has 0 aromatic heterocycles. The third kappa shape index (κ3) is 5.96.